The zero-order valence-corrected chi connectivity index (χ0v) is 18.6. The first-order valence-electron chi connectivity index (χ1n) is 8.63. The summed E-state index contributed by atoms with van der Waals surface area (Å²) < 4.78 is 28.6. The second-order valence-electron chi connectivity index (χ2n) is 6.24. The fourth-order valence-corrected chi connectivity index (χ4v) is 5.32. The van der Waals surface area contributed by atoms with E-state index in [-0.39, 0.29) is 11.4 Å². The van der Waals surface area contributed by atoms with Gasteiger partial charge in [-0.15, -0.1) is 10.2 Å². The van der Waals surface area contributed by atoms with Crippen molar-refractivity contribution in [2.75, 3.05) is 22.4 Å². The first kappa shape index (κ1) is 21.3. The standard InChI is InChI=1S/C19H20N4O3S3/c1-13-9-10-14(2)16(11-13)23(29(25,26)15-7-5-4-6-8-15)12-17(24)20-18-21-22-19(27-3)28-18/h4-11H,12H2,1-3H3,(H,20,21,24). The van der Waals surface area contributed by atoms with Crippen molar-refractivity contribution in [3.05, 3.63) is 59.7 Å². The zero-order chi connectivity index (χ0) is 21.0. The summed E-state index contributed by atoms with van der Waals surface area (Å²) in [5, 5.41) is 10.8. The fourth-order valence-electron chi connectivity index (χ4n) is 2.64. The molecule has 1 heterocycles. The van der Waals surface area contributed by atoms with Crippen LogP contribution in [0.15, 0.2) is 57.8 Å². The molecule has 1 N–H and O–H groups in total. The van der Waals surface area contributed by atoms with Gasteiger partial charge in [0, 0.05) is 0 Å². The Kier molecular flexibility index (Phi) is 6.56. The van der Waals surface area contributed by atoms with E-state index >= 15 is 0 Å². The quantitative estimate of drug-likeness (QED) is 0.438. The summed E-state index contributed by atoms with van der Waals surface area (Å²) in [4.78, 5) is 12.8. The van der Waals surface area contributed by atoms with Crippen LogP contribution in [-0.4, -0.2) is 37.3 Å². The third kappa shape index (κ3) is 4.95. The lowest BCUT2D eigenvalue weighted by atomic mass is 10.1. The number of thioether (sulfide) groups is 1. The van der Waals surface area contributed by atoms with E-state index < -0.39 is 15.9 Å². The molecule has 0 saturated carbocycles. The van der Waals surface area contributed by atoms with Crippen LogP contribution in [-0.2, 0) is 14.8 Å². The topological polar surface area (TPSA) is 92.3 Å². The monoisotopic (exact) mass is 448 g/mol. The number of nitrogens with zero attached hydrogens (tertiary/aromatic N) is 3. The van der Waals surface area contributed by atoms with Crippen molar-refractivity contribution in [2.45, 2.75) is 23.1 Å². The Bertz CT molecular complexity index is 1110. The lowest BCUT2D eigenvalue weighted by Crippen LogP contribution is -2.38. The third-order valence-corrected chi connectivity index (χ3v) is 7.67. The Morgan fingerprint density at radius 1 is 1.14 bits per heavy atom. The van der Waals surface area contributed by atoms with E-state index in [0.717, 1.165) is 15.4 Å². The largest absolute Gasteiger partial charge is 0.299 e. The molecule has 2 aromatic carbocycles. The highest BCUT2D eigenvalue weighted by Gasteiger charge is 2.28. The van der Waals surface area contributed by atoms with E-state index in [1.807, 2.05) is 32.2 Å². The second-order valence-corrected chi connectivity index (χ2v) is 10.1. The van der Waals surface area contributed by atoms with Gasteiger partial charge < -0.3 is 0 Å². The number of hydrogen-bond donors (Lipinski definition) is 1. The lowest BCUT2D eigenvalue weighted by molar-refractivity contribution is -0.114. The van der Waals surface area contributed by atoms with E-state index in [0.29, 0.717) is 15.2 Å². The number of hydrogen-bond acceptors (Lipinski definition) is 7. The van der Waals surface area contributed by atoms with Crippen LogP contribution < -0.4 is 9.62 Å². The van der Waals surface area contributed by atoms with Crippen LogP contribution in [0, 0.1) is 13.8 Å². The van der Waals surface area contributed by atoms with E-state index in [1.54, 1.807) is 24.3 Å². The number of carbonyl (C=O) groups excluding carboxylic acids is 1. The van der Waals surface area contributed by atoms with Crippen molar-refractivity contribution in [1.29, 1.82) is 0 Å². The van der Waals surface area contributed by atoms with Crippen molar-refractivity contribution < 1.29 is 13.2 Å². The van der Waals surface area contributed by atoms with Gasteiger partial charge in [0.25, 0.3) is 10.0 Å². The van der Waals surface area contributed by atoms with Gasteiger partial charge in [0.2, 0.25) is 11.0 Å². The van der Waals surface area contributed by atoms with Gasteiger partial charge >= 0.3 is 0 Å². The zero-order valence-electron chi connectivity index (χ0n) is 16.1. The number of benzene rings is 2. The predicted molar refractivity (Wildman–Crippen MR) is 117 cm³/mol. The summed E-state index contributed by atoms with van der Waals surface area (Å²) in [7, 11) is -3.94. The molecule has 3 rings (SSSR count). The minimum Gasteiger partial charge on any atom is -0.299 e. The highest BCUT2D eigenvalue weighted by atomic mass is 32.2. The number of aromatic nitrogens is 2. The van der Waals surface area contributed by atoms with Gasteiger partial charge in [-0.2, -0.15) is 0 Å². The minimum absolute atomic E-state index is 0.120. The maximum atomic E-state index is 13.4. The van der Waals surface area contributed by atoms with E-state index in [4.69, 9.17) is 0 Å². The number of carbonyl (C=O) groups is 1. The molecule has 0 aliphatic carbocycles. The Hall–Kier alpha value is -2.43. The molecule has 0 radical (unpaired) electrons. The fraction of sp³-hybridized carbons (Fsp3) is 0.211. The van der Waals surface area contributed by atoms with Crippen LogP contribution in [0.5, 0.6) is 0 Å². The average Bonchev–Trinajstić information content (AvgIpc) is 3.16. The number of anilines is 2. The molecule has 3 aromatic rings. The van der Waals surface area contributed by atoms with Gasteiger partial charge in [0.15, 0.2) is 4.34 Å². The Morgan fingerprint density at radius 3 is 2.52 bits per heavy atom. The summed E-state index contributed by atoms with van der Waals surface area (Å²) in [6, 6.07) is 13.6. The van der Waals surface area contributed by atoms with E-state index in [2.05, 4.69) is 15.5 Å². The molecule has 1 amide bonds. The van der Waals surface area contributed by atoms with Gasteiger partial charge in [0.1, 0.15) is 6.54 Å². The number of sulfonamides is 1. The molecule has 10 heteroatoms. The number of rotatable bonds is 7. The highest BCUT2D eigenvalue weighted by molar-refractivity contribution is 8.00. The number of aryl methyl sites for hydroxylation is 2. The van der Waals surface area contributed by atoms with Crippen LogP contribution in [0.2, 0.25) is 0 Å². The summed E-state index contributed by atoms with van der Waals surface area (Å²) >= 11 is 2.65. The molecule has 1 aromatic heterocycles. The van der Waals surface area contributed by atoms with Gasteiger partial charge in [-0.1, -0.05) is 53.4 Å². The van der Waals surface area contributed by atoms with Crippen molar-refractivity contribution in [3.8, 4) is 0 Å². The highest BCUT2D eigenvalue weighted by Crippen LogP contribution is 2.28. The van der Waals surface area contributed by atoms with E-state index in [1.165, 1.54) is 35.2 Å². The van der Waals surface area contributed by atoms with Crippen molar-refractivity contribution in [1.82, 2.24) is 10.2 Å². The average molecular weight is 449 g/mol. The van der Waals surface area contributed by atoms with Crippen molar-refractivity contribution in [3.63, 3.8) is 0 Å². The molecule has 0 aliphatic rings. The second kappa shape index (κ2) is 8.93. The molecule has 0 saturated heterocycles. The maximum absolute atomic E-state index is 13.4. The maximum Gasteiger partial charge on any atom is 0.264 e. The summed E-state index contributed by atoms with van der Waals surface area (Å²) in [5.41, 5.74) is 2.11. The molecule has 152 valence electrons. The molecular weight excluding hydrogens is 428 g/mol. The third-order valence-electron chi connectivity index (χ3n) is 4.08. The molecule has 0 aliphatic heterocycles. The van der Waals surface area contributed by atoms with Gasteiger partial charge in [-0.05, 0) is 49.4 Å². The number of amides is 1. The number of nitrogens with one attached hydrogen (secondary N) is 1. The first-order chi connectivity index (χ1) is 13.8. The van der Waals surface area contributed by atoms with Crippen molar-refractivity contribution in [2.24, 2.45) is 0 Å². The molecular formula is C19H20N4O3S3. The summed E-state index contributed by atoms with van der Waals surface area (Å²) in [6.07, 6.45) is 1.86. The predicted octanol–water partition coefficient (Wildman–Crippen LogP) is 3.71. The summed E-state index contributed by atoms with van der Waals surface area (Å²) in [5.74, 6) is -0.491. The smallest absolute Gasteiger partial charge is 0.264 e. The summed E-state index contributed by atoms with van der Waals surface area (Å²) in [6.45, 7) is 3.31. The lowest BCUT2D eigenvalue weighted by Gasteiger charge is -2.25. The Labute approximate surface area is 178 Å². The van der Waals surface area contributed by atoms with Gasteiger partial charge in [0.05, 0.1) is 10.6 Å². The van der Waals surface area contributed by atoms with Crippen LogP contribution in [0.1, 0.15) is 11.1 Å². The minimum atomic E-state index is -3.94. The van der Waals surface area contributed by atoms with Gasteiger partial charge in [-0.3, -0.25) is 14.4 Å². The van der Waals surface area contributed by atoms with Crippen LogP contribution >= 0.6 is 23.1 Å². The van der Waals surface area contributed by atoms with Crippen LogP contribution in [0.25, 0.3) is 0 Å². The normalized spacial score (nSPS) is 11.3. The van der Waals surface area contributed by atoms with E-state index in [9.17, 15) is 13.2 Å². The van der Waals surface area contributed by atoms with Gasteiger partial charge in [-0.25, -0.2) is 8.42 Å². The molecule has 7 nitrogen and oxygen atoms in total. The van der Waals surface area contributed by atoms with Crippen molar-refractivity contribution >= 4 is 49.8 Å². The SMILES string of the molecule is CSc1nnc(NC(=O)CN(c2cc(C)ccc2C)S(=O)(=O)c2ccccc2)s1. The van der Waals surface area contributed by atoms with Crippen LogP contribution in [0.3, 0.4) is 0 Å². The molecule has 29 heavy (non-hydrogen) atoms. The molecule has 0 spiro atoms. The first-order valence-corrected chi connectivity index (χ1v) is 12.1. The molecule has 0 bridgehead atoms. The Morgan fingerprint density at radius 2 is 1.86 bits per heavy atom. The Balaban J connectivity index is 1.96. The molecule has 0 unspecified atom stereocenters. The molecule has 0 atom stereocenters. The molecule has 0 fully saturated rings. The van der Waals surface area contributed by atoms with Crippen LogP contribution in [0.4, 0.5) is 10.8 Å².